The molecule has 0 N–H and O–H groups in total. The van der Waals surface area contributed by atoms with E-state index in [1.54, 1.807) is 6.08 Å². The van der Waals surface area contributed by atoms with Gasteiger partial charge in [0.1, 0.15) is 12.4 Å². The quantitative estimate of drug-likeness (QED) is 0.766. The smallest absolute Gasteiger partial charge is 0.260 e. The van der Waals surface area contributed by atoms with Crippen molar-refractivity contribution in [1.82, 2.24) is 0 Å². The summed E-state index contributed by atoms with van der Waals surface area (Å²) in [4.78, 5) is 0.106. The molecular formula is C11H11ClO3S. The van der Waals surface area contributed by atoms with Crippen molar-refractivity contribution in [3.05, 3.63) is 34.2 Å². The Morgan fingerprint density at radius 2 is 2.19 bits per heavy atom. The Morgan fingerprint density at radius 3 is 2.81 bits per heavy atom. The first-order chi connectivity index (χ1) is 7.52. The van der Waals surface area contributed by atoms with Gasteiger partial charge in [-0.05, 0) is 18.1 Å². The monoisotopic (exact) mass is 258 g/mol. The van der Waals surface area contributed by atoms with Gasteiger partial charge >= 0.3 is 0 Å². The van der Waals surface area contributed by atoms with Crippen molar-refractivity contribution in [3.63, 3.8) is 0 Å². The molecule has 0 bridgehead atoms. The van der Waals surface area contributed by atoms with Crippen LogP contribution in [-0.4, -0.2) is 15.0 Å². The summed E-state index contributed by atoms with van der Waals surface area (Å²) in [6.45, 7) is 2.03. The van der Waals surface area contributed by atoms with Crippen molar-refractivity contribution in [2.24, 2.45) is 0 Å². The predicted molar refractivity (Wildman–Crippen MR) is 64.1 cm³/mol. The average molecular weight is 259 g/mol. The summed E-state index contributed by atoms with van der Waals surface area (Å²) >= 11 is 0. The molecule has 0 spiro atoms. The molecule has 1 aliphatic rings. The van der Waals surface area contributed by atoms with Gasteiger partial charge in [-0.3, -0.25) is 0 Å². The summed E-state index contributed by atoms with van der Waals surface area (Å²) < 4.78 is 27.8. The third kappa shape index (κ3) is 2.08. The maximum Gasteiger partial charge on any atom is 0.260 e. The molecule has 5 heteroatoms. The van der Waals surface area contributed by atoms with E-state index in [1.165, 1.54) is 0 Å². The zero-order valence-corrected chi connectivity index (χ0v) is 10.3. The van der Waals surface area contributed by atoms with Crippen LogP contribution < -0.4 is 4.74 Å². The molecule has 0 aliphatic carbocycles. The highest BCUT2D eigenvalue weighted by molar-refractivity contribution is 8.17. The Bertz CT molecular complexity index is 546. The second kappa shape index (κ2) is 4.11. The molecule has 1 heterocycles. The van der Waals surface area contributed by atoms with Gasteiger partial charge in [-0.15, -0.1) is 0 Å². The molecule has 3 nitrogen and oxygen atoms in total. The van der Waals surface area contributed by atoms with Gasteiger partial charge in [-0.25, -0.2) is 8.42 Å². The van der Waals surface area contributed by atoms with Crippen LogP contribution in [0.3, 0.4) is 0 Å². The van der Waals surface area contributed by atoms with Crippen molar-refractivity contribution >= 4 is 25.8 Å². The lowest BCUT2D eigenvalue weighted by Gasteiger charge is -2.18. The molecule has 16 heavy (non-hydrogen) atoms. The first-order valence-electron chi connectivity index (χ1n) is 4.92. The van der Waals surface area contributed by atoms with Crippen LogP contribution in [0.2, 0.25) is 0 Å². The number of hydrogen-bond donors (Lipinski definition) is 0. The van der Waals surface area contributed by atoms with Gasteiger partial charge in [0.25, 0.3) is 9.05 Å². The lowest BCUT2D eigenvalue weighted by Crippen LogP contribution is -2.12. The number of aryl methyl sites for hydroxylation is 1. The van der Waals surface area contributed by atoms with Gasteiger partial charge < -0.3 is 4.74 Å². The van der Waals surface area contributed by atoms with Gasteiger partial charge in [-0.2, -0.15) is 0 Å². The fourth-order valence-electron chi connectivity index (χ4n) is 1.67. The van der Waals surface area contributed by atoms with Crippen molar-refractivity contribution in [2.75, 3.05) is 6.61 Å². The van der Waals surface area contributed by atoms with E-state index in [2.05, 4.69) is 0 Å². The SMILES string of the molecule is CCc1cccc2c1OCC(S(=O)(=O)Cl)=C2. The van der Waals surface area contributed by atoms with Gasteiger partial charge in [0.2, 0.25) is 0 Å². The van der Waals surface area contributed by atoms with Crippen molar-refractivity contribution in [2.45, 2.75) is 13.3 Å². The Labute approximate surface area is 99.1 Å². The Kier molecular flexibility index (Phi) is 2.95. The zero-order chi connectivity index (χ0) is 11.8. The molecule has 0 atom stereocenters. The third-order valence-electron chi connectivity index (χ3n) is 2.50. The van der Waals surface area contributed by atoms with Crippen LogP contribution in [-0.2, 0) is 15.5 Å². The highest BCUT2D eigenvalue weighted by atomic mass is 35.7. The van der Waals surface area contributed by atoms with Crippen molar-refractivity contribution < 1.29 is 13.2 Å². The molecule has 86 valence electrons. The van der Waals surface area contributed by atoms with Gasteiger partial charge in [-0.1, -0.05) is 25.1 Å². The predicted octanol–water partition coefficient (Wildman–Crippen LogP) is 2.55. The Morgan fingerprint density at radius 1 is 1.44 bits per heavy atom. The van der Waals surface area contributed by atoms with Gasteiger partial charge in [0.15, 0.2) is 0 Å². The summed E-state index contributed by atoms with van der Waals surface area (Å²) in [6.07, 6.45) is 2.42. The van der Waals surface area contributed by atoms with E-state index in [-0.39, 0.29) is 11.5 Å². The van der Waals surface area contributed by atoms with E-state index in [1.807, 2.05) is 25.1 Å². The van der Waals surface area contributed by atoms with E-state index in [9.17, 15) is 8.42 Å². The molecule has 0 radical (unpaired) electrons. The molecule has 0 amide bonds. The van der Waals surface area contributed by atoms with E-state index >= 15 is 0 Å². The summed E-state index contributed by atoms with van der Waals surface area (Å²) in [6, 6.07) is 5.66. The first-order valence-corrected chi connectivity index (χ1v) is 7.23. The second-order valence-electron chi connectivity index (χ2n) is 3.53. The molecule has 1 aromatic carbocycles. The lowest BCUT2D eigenvalue weighted by molar-refractivity contribution is 0.350. The molecular weight excluding hydrogens is 248 g/mol. The number of fused-ring (bicyclic) bond motifs is 1. The minimum Gasteiger partial charge on any atom is -0.487 e. The molecule has 0 aromatic heterocycles. The summed E-state index contributed by atoms with van der Waals surface area (Å²) in [7, 11) is 1.60. The van der Waals surface area contributed by atoms with E-state index in [0.29, 0.717) is 0 Å². The largest absolute Gasteiger partial charge is 0.487 e. The highest BCUT2D eigenvalue weighted by Gasteiger charge is 2.21. The summed E-state index contributed by atoms with van der Waals surface area (Å²) in [5.41, 5.74) is 1.84. The normalized spacial score (nSPS) is 15.0. The van der Waals surface area contributed by atoms with E-state index in [0.717, 1.165) is 23.3 Å². The number of benzene rings is 1. The summed E-state index contributed by atoms with van der Waals surface area (Å²) in [5.74, 6) is 0.758. The van der Waals surface area contributed by atoms with Crippen LogP contribution in [0.25, 0.3) is 6.08 Å². The fourth-order valence-corrected chi connectivity index (χ4v) is 2.41. The van der Waals surface area contributed by atoms with Crippen LogP contribution in [0.1, 0.15) is 18.1 Å². The second-order valence-corrected chi connectivity index (χ2v) is 6.15. The molecule has 0 fully saturated rings. The van der Waals surface area contributed by atoms with Gasteiger partial charge in [0, 0.05) is 16.2 Å². The van der Waals surface area contributed by atoms with Crippen molar-refractivity contribution in [3.8, 4) is 5.75 Å². The Hall–Kier alpha value is -1.000. The van der Waals surface area contributed by atoms with Crippen LogP contribution in [0.5, 0.6) is 5.75 Å². The summed E-state index contributed by atoms with van der Waals surface area (Å²) in [5, 5.41) is 0. The minimum absolute atomic E-state index is 0.00977. The average Bonchev–Trinajstić information content (AvgIpc) is 2.26. The number of para-hydroxylation sites is 1. The third-order valence-corrected chi connectivity index (χ3v) is 3.95. The molecule has 2 rings (SSSR count). The number of hydrogen-bond acceptors (Lipinski definition) is 3. The molecule has 1 aromatic rings. The number of rotatable bonds is 2. The minimum atomic E-state index is -3.68. The molecule has 0 saturated carbocycles. The zero-order valence-electron chi connectivity index (χ0n) is 8.73. The van der Waals surface area contributed by atoms with Crippen LogP contribution in [0.4, 0.5) is 0 Å². The maximum absolute atomic E-state index is 11.2. The number of halogens is 1. The molecule has 1 aliphatic heterocycles. The lowest BCUT2D eigenvalue weighted by atomic mass is 10.1. The Balaban J connectivity index is 2.54. The number of ether oxygens (including phenoxy) is 1. The fraction of sp³-hybridized carbons (Fsp3) is 0.273. The molecule has 0 saturated heterocycles. The topological polar surface area (TPSA) is 43.4 Å². The first kappa shape index (κ1) is 11.5. The van der Waals surface area contributed by atoms with E-state index in [4.69, 9.17) is 15.4 Å². The standard InChI is InChI=1S/C11H11ClO3S/c1-2-8-4-3-5-9-6-10(16(12,13)14)7-15-11(8)9/h3-6H,2,7H2,1H3. The van der Waals surface area contributed by atoms with Gasteiger partial charge in [0.05, 0.1) is 4.91 Å². The van der Waals surface area contributed by atoms with E-state index < -0.39 is 9.05 Å². The maximum atomic E-state index is 11.2. The van der Waals surface area contributed by atoms with Crippen LogP contribution >= 0.6 is 10.7 Å². The van der Waals surface area contributed by atoms with Crippen LogP contribution in [0.15, 0.2) is 23.1 Å². The molecule has 0 unspecified atom stereocenters. The van der Waals surface area contributed by atoms with Crippen molar-refractivity contribution in [1.29, 1.82) is 0 Å². The highest BCUT2D eigenvalue weighted by Crippen LogP contribution is 2.32. The van der Waals surface area contributed by atoms with Crippen LogP contribution in [0, 0.1) is 0 Å².